The van der Waals surface area contributed by atoms with E-state index in [9.17, 15) is 0 Å². The van der Waals surface area contributed by atoms with Crippen molar-refractivity contribution >= 4 is 5.65 Å². The third-order valence-corrected chi connectivity index (χ3v) is 2.96. The molecule has 1 aromatic carbocycles. The van der Waals surface area contributed by atoms with Crippen LogP contribution in [0.1, 0.15) is 0 Å². The van der Waals surface area contributed by atoms with Gasteiger partial charge in [-0.1, -0.05) is 6.07 Å². The summed E-state index contributed by atoms with van der Waals surface area (Å²) in [4.78, 5) is 0. The van der Waals surface area contributed by atoms with Gasteiger partial charge in [0.1, 0.15) is 11.5 Å². The lowest BCUT2D eigenvalue weighted by atomic mass is 10.2. The fourth-order valence-electron chi connectivity index (χ4n) is 2.01. The van der Waals surface area contributed by atoms with Gasteiger partial charge in [0.2, 0.25) is 0 Å². The molecule has 0 spiro atoms. The van der Waals surface area contributed by atoms with Gasteiger partial charge >= 0.3 is 0 Å². The third-order valence-electron chi connectivity index (χ3n) is 2.96. The van der Waals surface area contributed by atoms with Crippen LogP contribution in [-0.4, -0.2) is 28.8 Å². The molecule has 0 aliphatic rings. The maximum Gasteiger partial charge on any atom is 0.172 e. The number of fused-ring (bicyclic) bond motifs is 1. The summed E-state index contributed by atoms with van der Waals surface area (Å²) in [5, 5.41) is 8.36. The highest BCUT2D eigenvalue weighted by atomic mass is 16.5. The largest absolute Gasteiger partial charge is 0.497 e. The van der Waals surface area contributed by atoms with Gasteiger partial charge in [0, 0.05) is 12.3 Å². The van der Waals surface area contributed by atoms with Crippen LogP contribution in [0.25, 0.3) is 17.0 Å². The smallest absolute Gasteiger partial charge is 0.172 e. The Morgan fingerprint density at radius 3 is 2.68 bits per heavy atom. The molecule has 0 aliphatic heterocycles. The van der Waals surface area contributed by atoms with Crippen molar-refractivity contribution in [3.05, 3.63) is 42.6 Å². The maximum absolute atomic E-state index is 5.40. The van der Waals surface area contributed by atoms with Gasteiger partial charge in [-0.15, -0.1) is 10.2 Å². The second-order valence-electron chi connectivity index (χ2n) is 4.02. The van der Waals surface area contributed by atoms with Gasteiger partial charge in [0.05, 0.1) is 19.8 Å². The Morgan fingerprint density at radius 2 is 1.89 bits per heavy atom. The molecule has 0 atom stereocenters. The molecule has 0 fully saturated rings. The van der Waals surface area contributed by atoms with Crippen molar-refractivity contribution < 1.29 is 9.47 Å². The van der Waals surface area contributed by atoms with Crippen LogP contribution in [0.3, 0.4) is 0 Å². The van der Waals surface area contributed by atoms with E-state index in [4.69, 9.17) is 9.47 Å². The van der Waals surface area contributed by atoms with Gasteiger partial charge in [-0.3, -0.25) is 4.40 Å². The van der Waals surface area contributed by atoms with E-state index in [-0.39, 0.29) is 0 Å². The molecular weight excluding hydrogens is 242 g/mol. The molecule has 5 nitrogen and oxygen atoms in total. The van der Waals surface area contributed by atoms with Crippen LogP contribution >= 0.6 is 0 Å². The second kappa shape index (κ2) is 4.61. The minimum absolute atomic E-state index is 0.706. The highest BCUT2D eigenvalue weighted by Crippen LogP contribution is 2.32. The normalized spacial score (nSPS) is 10.6. The van der Waals surface area contributed by atoms with Crippen LogP contribution < -0.4 is 9.47 Å². The molecule has 3 rings (SSSR count). The molecule has 5 heteroatoms. The topological polar surface area (TPSA) is 48.7 Å². The Bertz CT molecular complexity index is 722. The lowest BCUT2D eigenvalue weighted by Gasteiger charge is -2.09. The first kappa shape index (κ1) is 11.5. The van der Waals surface area contributed by atoms with Crippen molar-refractivity contribution in [3.8, 4) is 22.9 Å². The summed E-state index contributed by atoms with van der Waals surface area (Å²) in [6.07, 6.45) is 1.92. The number of hydrogen-bond acceptors (Lipinski definition) is 4. The first-order valence-electron chi connectivity index (χ1n) is 5.85. The number of nitrogens with zero attached hydrogens (tertiary/aromatic N) is 3. The van der Waals surface area contributed by atoms with Crippen LogP contribution in [0.4, 0.5) is 0 Å². The van der Waals surface area contributed by atoms with Crippen LogP contribution in [-0.2, 0) is 0 Å². The van der Waals surface area contributed by atoms with Gasteiger partial charge in [-0.05, 0) is 24.3 Å². The van der Waals surface area contributed by atoms with Crippen LogP contribution in [0.15, 0.2) is 42.6 Å². The molecule has 0 saturated heterocycles. The Balaban J connectivity index is 2.21. The summed E-state index contributed by atoms with van der Waals surface area (Å²) in [5.41, 5.74) is 1.68. The molecule has 0 amide bonds. The van der Waals surface area contributed by atoms with E-state index in [1.165, 1.54) is 0 Å². The molecule has 2 aromatic heterocycles. The summed E-state index contributed by atoms with van der Waals surface area (Å²) >= 11 is 0. The minimum Gasteiger partial charge on any atom is -0.497 e. The van der Waals surface area contributed by atoms with Crippen molar-refractivity contribution in [2.75, 3.05) is 14.2 Å². The zero-order chi connectivity index (χ0) is 13.2. The molecule has 2 heterocycles. The lowest BCUT2D eigenvalue weighted by molar-refractivity contribution is 0.395. The van der Waals surface area contributed by atoms with Gasteiger partial charge in [0.25, 0.3) is 0 Å². The van der Waals surface area contributed by atoms with Gasteiger partial charge in [-0.2, -0.15) is 0 Å². The lowest BCUT2D eigenvalue weighted by Crippen LogP contribution is -1.94. The Morgan fingerprint density at radius 1 is 1.00 bits per heavy atom. The van der Waals surface area contributed by atoms with Gasteiger partial charge in [-0.25, -0.2) is 0 Å². The standard InChI is InChI=1S/C14H13N3O2/c1-18-10-6-7-11(12(9-10)19-2)14-16-15-13-5-3-4-8-17(13)14/h3-9H,1-2H3. The Labute approximate surface area is 110 Å². The Hall–Kier alpha value is -2.56. The average molecular weight is 255 g/mol. The van der Waals surface area contributed by atoms with Crippen molar-refractivity contribution in [2.24, 2.45) is 0 Å². The number of aromatic nitrogens is 3. The molecule has 0 N–H and O–H groups in total. The quantitative estimate of drug-likeness (QED) is 0.721. The fourth-order valence-corrected chi connectivity index (χ4v) is 2.01. The number of pyridine rings is 1. The van der Waals surface area contributed by atoms with Crippen molar-refractivity contribution in [1.29, 1.82) is 0 Å². The van der Waals surface area contributed by atoms with Crippen molar-refractivity contribution in [2.45, 2.75) is 0 Å². The molecule has 96 valence electrons. The van der Waals surface area contributed by atoms with E-state index in [1.807, 2.05) is 47.0 Å². The highest BCUT2D eigenvalue weighted by molar-refractivity contribution is 5.68. The monoisotopic (exact) mass is 255 g/mol. The summed E-state index contributed by atoms with van der Waals surface area (Å²) in [7, 11) is 3.25. The SMILES string of the molecule is COc1ccc(-c2nnc3ccccn23)c(OC)c1. The molecule has 0 radical (unpaired) electrons. The van der Waals surface area contributed by atoms with E-state index < -0.39 is 0 Å². The number of benzene rings is 1. The molecule has 19 heavy (non-hydrogen) atoms. The molecular formula is C14H13N3O2. The minimum atomic E-state index is 0.706. The van der Waals surface area contributed by atoms with E-state index in [2.05, 4.69) is 10.2 Å². The van der Waals surface area contributed by atoms with E-state index in [0.717, 1.165) is 22.8 Å². The van der Waals surface area contributed by atoms with Crippen LogP contribution in [0.5, 0.6) is 11.5 Å². The summed E-state index contributed by atoms with van der Waals surface area (Å²) in [5.74, 6) is 2.20. The van der Waals surface area contributed by atoms with E-state index in [0.29, 0.717) is 5.75 Å². The molecule has 0 unspecified atom stereocenters. The number of hydrogen-bond donors (Lipinski definition) is 0. The first-order valence-corrected chi connectivity index (χ1v) is 5.85. The van der Waals surface area contributed by atoms with Gasteiger partial charge in [0.15, 0.2) is 11.5 Å². The number of ether oxygens (including phenoxy) is 2. The molecule has 0 bridgehead atoms. The predicted octanol–water partition coefficient (Wildman–Crippen LogP) is 2.41. The fraction of sp³-hybridized carbons (Fsp3) is 0.143. The maximum atomic E-state index is 5.40. The predicted molar refractivity (Wildman–Crippen MR) is 71.5 cm³/mol. The summed E-state index contributed by atoms with van der Waals surface area (Å²) in [6, 6.07) is 11.4. The van der Waals surface area contributed by atoms with E-state index >= 15 is 0 Å². The molecule has 3 aromatic rings. The number of methoxy groups -OCH3 is 2. The van der Waals surface area contributed by atoms with Crippen molar-refractivity contribution in [1.82, 2.24) is 14.6 Å². The second-order valence-corrected chi connectivity index (χ2v) is 4.02. The van der Waals surface area contributed by atoms with Crippen molar-refractivity contribution in [3.63, 3.8) is 0 Å². The molecule has 0 aliphatic carbocycles. The Kier molecular flexibility index (Phi) is 2.79. The third kappa shape index (κ3) is 1.89. The summed E-state index contributed by atoms with van der Waals surface area (Å²) in [6.45, 7) is 0. The average Bonchev–Trinajstić information content (AvgIpc) is 2.90. The first-order chi connectivity index (χ1) is 9.33. The van der Waals surface area contributed by atoms with E-state index in [1.54, 1.807) is 14.2 Å². The van der Waals surface area contributed by atoms with Gasteiger partial charge < -0.3 is 9.47 Å². The number of rotatable bonds is 3. The molecule has 0 saturated carbocycles. The summed E-state index contributed by atoms with van der Waals surface area (Å²) < 4.78 is 12.5. The highest BCUT2D eigenvalue weighted by Gasteiger charge is 2.13. The zero-order valence-corrected chi connectivity index (χ0v) is 10.7. The van der Waals surface area contributed by atoms with Crippen LogP contribution in [0.2, 0.25) is 0 Å². The zero-order valence-electron chi connectivity index (χ0n) is 10.7. The van der Waals surface area contributed by atoms with Crippen LogP contribution in [0, 0.1) is 0 Å².